The zero-order valence-electron chi connectivity index (χ0n) is 12.3. The van der Waals surface area contributed by atoms with Crippen molar-refractivity contribution in [3.05, 3.63) is 30.3 Å². The van der Waals surface area contributed by atoms with Gasteiger partial charge >= 0.3 is 0 Å². The summed E-state index contributed by atoms with van der Waals surface area (Å²) in [5.74, 6) is 0.941. The average Bonchev–Trinajstić information content (AvgIpc) is 3.05. The maximum Gasteiger partial charge on any atom is 0.289 e. The molecule has 1 saturated heterocycles. The van der Waals surface area contributed by atoms with E-state index in [0.717, 1.165) is 12.0 Å². The lowest BCUT2D eigenvalue weighted by molar-refractivity contribution is 0.0656. The molecule has 2 aromatic rings. The molecular formula is C15H19N3O3. The van der Waals surface area contributed by atoms with Crippen LogP contribution in [0.15, 0.2) is 28.9 Å². The number of amides is 1. The number of aromatic nitrogens is 2. The summed E-state index contributed by atoms with van der Waals surface area (Å²) in [6.07, 6.45) is 4.42. The molecule has 1 fully saturated rings. The van der Waals surface area contributed by atoms with Gasteiger partial charge in [-0.3, -0.25) is 9.48 Å². The average molecular weight is 289 g/mol. The zero-order valence-corrected chi connectivity index (χ0v) is 12.3. The fourth-order valence-electron chi connectivity index (χ4n) is 2.49. The molecule has 2 aromatic heterocycles. The van der Waals surface area contributed by atoms with Crippen LogP contribution in [0, 0.1) is 0 Å². The van der Waals surface area contributed by atoms with Crippen molar-refractivity contribution in [3.8, 4) is 11.3 Å². The Bertz CT molecular complexity index is 632. The van der Waals surface area contributed by atoms with Gasteiger partial charge in [0.25, 0.3) is 5.91 Å². The van der Waals surface area contributed by atoms with E-state index in [0.29, 0.717) is 31.3 Å². The fourth-order valence-corrected chi connectivity index (χ4v) is 2.49. The lowest BCUT2D eigenvalue weighted by Gasteiger charge is -2.25. The van der Waals surface area contributed by atoms with Gasteiger partial charge in [0.15, 0.2) is 5.76 Å². The molecule has 21 heavy (non-hydrogen) atoms. The highest BCUT2D eigenvalue weighted by molar-refractivity contribution is 5.92. The molecule has 0 radical (unpaired) electrons. The van der Waals surface area contributed by atoms with E-state index in [9.17, 15) is 4.79 Å². The van der Waals surface area contributed by atoms with E-state index in [1.54, 1.807) is 16.9 Å². The SMILES string of the molecule is C[C@H]1CCOCCN1C(=O)c1ccc(-c2cnn(C)c2)o1. The molecule has 1 aliphatic rings. The van der Waals surface area contributed by atoms with Gasteiger partial charge in [-0.2, -0.15) is 5.10 Å². The van der Waals surface area contributed by atoms with Gasteiger partial charge in [-0.25, -0.2) is 0 Å². The number of nitrogens with zero attached hydrogens (tertiary/aromatic N) is 3. The molecule has 1 atom stereocenters. The maximum atomic E-state index is 12.6. The first-order valence-corrected chi connectivity index (χ1v) is 7.12. The van der Waals surface area contributed by atoms with Crippen molar-refractivity contribution in [1.82, 2.24) is 14.7 Å². The molecule has 0 bridgehead atoms. The van der Waals surface area contributed by atoms with Crippen LogP contribution in [0.25, 0.3) is 11.3 Å². The van der Waals surface area contributed by atoms with Crippen LogP contribution in [-0.4, -0.2) is 46.4 Å². The van der Waals surface area contributed by atoms with E-state index in [2.05, 4.69) is 5.10 Å². The van der Waals surface area contributed by atoms with E-state index < -0.39 is 0 Å². The molecule has 6 heteroatoms. The molecule has 3 rings (SSSR count). The van der Waals surface area contributed by atoms with Gasteiger partial charge in [-0.05, 0) is 25.5 Å². The predicted octanol–water partition coefficient (Wildman–Crippen LogP) is 1.93. The zero-order chi connectivity index (χ0) is 14.8. The summed E-state index contributed by atoms with van der Waals surface area (Å²) in [5, 5.41) is 4.11. The van der Waals surface area contributed by atoms with Gasteiger partial charge in [0.05, 0.1) is 18.4 Å². The van der Waals surface area contributed by atoms with Gasteiger partial charge in [0, 0.05) is 32.4 Å². The summed E-state index contributed by atoms with van der Waals surface area (Å²) in [7, 11) is 1.84. The summed E-state index contributed by atoms with van der Waals surface area (Å²) < 4.78 is 12.8. The standard InChI is InChI=1S/C15H19N3O3/c1-11-5-7-20-8-6-18(11)15(19)14-4-3-13(21-14)12-9-16-17(2)10-12/h3-4,9-11H,5-8H2,1-2H3/t11-/m0/s1. The van der Waals surface area contributed by atoms with Crippen molar-refractivity contribution < 1.29 is 13.9 Å². The van der Waals surface area contributed by atoms with Crippen LogP contribution >= 0.6 is 0 Å². The first kappa shape index (κ1) is 13.9. The van der Waals surface area contributed by atoms with E-state index in [4.69, 9.17) is 9.15 Å². The highest BCUT2D eigenvalue weighted by Crippen LogP contribution is 2.23. The second-order valence-electron chi connectivity index (χ2n) is 5.32. The van der Waals surface area contributed by atoms with Crippen molar-refractivity contribution in [3.63, 3.8) is 0 Å². The lowest BCUT2D eigenvalue weighted by Crippen LogP contribution is -2.39. The Kier molecular flexibility index (Phi) is 3.79. The van der Waals surface area contributed by atoms with Crippen LogP contribution in [0.3, 0.4) is 0 Å². The van der Waals surface area contributed by atoms with Crippen molar-refractivity contribution >= 4 is 5.91 Å². The first-order chi connectivity index (χ1) is 10.1. The van der Waals surface area contributed by atoms with Gasteiger partial charge < -0.3 is 14.1 Å². The number of furan rings is 1. The molecule has 0 unspecified atom stereocenters. The van der Waals surface area contributed by atoms with E-state index >= 15 is 0 Å². The Labute approximate surface area is 123 Å². The Morgan fingerprint density at radius 1 is 1.38 bits per heavy atom. The minimum Gasteiger partial charge on any atom is -0.451 e. The molecule has 0 saturated carbocycles. The molecule has 0 spiro atoms. The largest absolute Gasteiger partial charge is 0.451 e. The van der Waals surface area contributed by atoms with Crippen LogP contribution in [0.4, 0.5) is 0 Å². The first-order valence-electron chi connectivity index (χ1n) is 7.12. The number of rotatable bonds is 2. The molecule has 1 amide bonds. The van der Waals surface area contributed by atoms with Crippen LogP contribution in [0.2, 0.25) is 0 Å². The molecule has 0 aliphatic carbocycles. The third kappa shape index (κ3) is 2.85. The minimum atomic E-state index is -0.0804. The Morgan fingerprint density at radius 3 is 3.00 bits per heavy atom. The highest BCUT2D eigenvalue weighted by Gasteiger charge is 2.25. The quantitative estimate of drug-likeness (QED) is 0.847. The number of carbonyl (C=O) groups excluding carboxylic acids is 1. The molecule has 0 aromatic carbocycles. The third-order valence-corrected chi connectivity index (χ3v) is 3.76. The number of carbonyl (C=O) groups is 1. The van der Waals surface area contributed by atoms with Gasteiger partial charge in [-0.1, -0.05) is 0 Å². The Balaban J connectivity index is 1.80. The summed E-state index contributed by atoms with van der Waals surface area (Å²) >= 11 is 0. The highest BCUT2D eigenvalue weighted by atomic mass is 16.5. The van der Waals surface area contributed by atoms with Crippen LogP contribution < -0.4 is 0 Å². The van der Waals surface area contributed by atoms with Crippen molar-refractivity contribution in [2.45, 2.75) is 19.4 Å². The summed E-state index contributed by atoms with van der Waals surface area (Å²) in [6, 6.07) is 3.69. The second kappa shape index (κ2) is 5.73. The molecule has 112 valence electrons. The van der Waals surface area contributed by atoms with Gasteiger partial charge in [-0.15, -0.1) is 0 Å². The predicted molar refractivity (Wildman–Crippen MR) is 76.8 cm³/mol. The smallest absolute Gasteiger partial charge is 0.289 e. The Hall–Kier alpha value is -2.08. The van der Waals surface area contributed by atoms with Crippen LogP contribution in [0.1, 0.15) is 23.9 Å². The molecule has 0 N–H and O–H groups in total. The maximum absolute atomic E-state index is 12.6. The van der Waals surface area contributed by atoms with Crippen molar-refractivity contribution in [2.75, 3.05) is 19.8 Å². The summed E-state index contributed by atoms with van der Waals surface area (Å²) in [4.78, 5) is 14.4. The molecule has 1 aliphatic heterocycles. The van der Waals surface area contributed by atoms with E-state index in [1.807, 2.05) is 31.1 Å². The monoisotopic (exact) mass is 289 g/mol. The van der Waals surface area contributed by atoms with Gasteiger partial charge in [0.1, 0.15) is 5.76 Å². The number of ether oxygens (including phenoxy) is 1. The third-order valence-electron chi connectivity index (χ3n) is 3.76. The Morgan fingerprint density at radius 2 is 2.24 bits per heavy atom. The summed E-state index contributed by atoms with van der Waals surface area (Å²) in [5.41, 5.74) is 0.865. The number of hydrogen-bond donors (Lipinski definition) is 0. The lowest BCUT2D eigenvalue weighted by atomic mass is 10.2. The van der Waals surface area contributed by atoms with Crippen molar-refractivity contribution in [2.24, 2.45) is 7.05 Å². The number of hydrogen-bond acceptors (Lipinski definition) is 4. The minimum absolute atomic E-state index is 0.0804. The van der Waals surface area contributed by atoms with Gasteiger partial charge in [0.2, 0.25) is 0 Å². The van der Waals surface area contributed by atoms with Crippen molar-refractivity contribution in [1.29, 1.82) is 0 Å². The second-order valence-corrected chi connectivity index (χ2v) is 5.32. The van der Waals surface area contributed by atoms with E-state index in [1.165, 1.54) is 0 Å². The van der Waals surface area contributed by atoms with E-state index in [-0.39, 0.29) is 11.9 Å². The summed E-state index contributed by atoms with van der Waals surface area (Å²) in [6.45, 7) is 3.91. The molecule has 6 nitrogen and oxygen atoms in total. The molecular weight excluding hydrogens is 270 g/mol. The number of aryl methyl sites for hydroxylation is 1. The van der Waals surface area contributed by atoms with Crippen LogP contribution in [0.5, 0.6) is 0 Å². The normalized spacial score (nSPS) is 19.5. The molecule has 3 heterocycles. The topological polar surface area (TPSA) is 60.5 Å². The fraction of sp³-hybridized carbons (Fsp3) is 0.467. The van der Waals surface area contributed by atoms with Crippen LogP contribution in [-0.2, 0) is 11.8 Å².